The minimum atomic E-state index is -0.718. The number of rotatable bonds is 11. The monoisotopic (exact) mass is 465 g/mol. The highest BCUT2D eigenvalue weighted by molar-refractivity contribution is 5.92. The largest absolute Gasteiger partial charge is 0.489 e. The Bertz CT molecular complexity index is 1100. The van der Waals surface area contributed by atoms with E-state index < -0.39 is 12.0 Å². The Balaban J connectivity index is 1.47. The van der Waals surface area contributed by atoms with Gasteiger partial charge in [-0.05, 0) is 56.2 Å². The van der Waals surface area contributed by atoms with Crippen LogP contribution in [0.25, 0.3) is 0 Å². The van der Waals surface area contributed by atoms with Gasteiger partial charge < -0.3 is 37.1 Å². The quantitative estimate of drug-likeness (QED) is 0.270. The maximum Gasteiger partial charge on any atom is 0.250 e. The van der Waals surface area contributed by atoms with E-state index in [1.807, 2.05) is 24.3 Å². The Morgan fingerprint density at radius 3 is 2.50 bits per heavy atom. The lowest BCUT2D eigenvalue weighted by molar-refractivity contribution is 0.0992. The Morgan fingerprint density at radius 1 is 1.12 bits per heavy atom. The molecule has 34 heavy (non-hydrogen) atoms. The van der Waals surface area contributed by atoms with Gasteiger partial charge in [0.1, 0.15) is 24.2 Å². The van der Waals surface area contributed by atoms with E-state index >= 15 is 0 Å². The molecule has 1 amide bonds. The number of pyridine rings is 1. The van der Waals surface area contributed by atoms with Gasteiger partial charge in [0.25, 0.3) is 0 Å². The van der Waals surface area contributed by atoms with Gasteiger partial charge in [-0.25, -0.2) is 4.98 Å². The zero-order chi connectivity index (χ0) is 24.7. The van der Waals surface area contributed by atoms with Gasteiger partial charge in [-0.1, -0.05) is 18.2 Å². The third-order valence-electron chi connectivity index (χ3n) is 5.16. The van der Waals surface area contributed by atoms with Crippen molar-refractivity contribution in [3.8, 4) is 17.4 Å². The molecule has 0 aliphatic rings. The van der Waals surface area contributed by atoms with Crippen molar-refractivity contribution in [1.82, 2.24) is 10.3 Å². The van der Waals surface area contributed by atoms with Crippen molar-refractivity contribution >= 4 is 17.3 Å². The first-order valence-corrected chi connectivity index (χ1v) is 10.9. The summed E-state index contributed by atoms with van der Waals surface area (Å²) in [5.74, 6) is 0.920. The number of nitrogen functional groups attached to an aromatic ring is 2. The molecular formula is C25H31N5O4. The summed E-state index contributed by atoms with van der Waals surface area (Å²) in [5, 5.41) is 13.7. The van der Waals surface area contributed by atoms with Gasteiger partial charge in [-0.2, -0.15) is 0 Å². The molecule has 0 aliphatic heterocycles. The predicted molar refractivity (Wildman–Crippen MR) is 132 cm³/mol. The third kappa shape index (κ3) is 7.09. The van der Waals surface area contributed by atoms with Gasteiger partial charge in [0.15, 0.2) is 0 Å². The van der Waals surface area contributed by atoms with Crippen LogP contribution >= 0.6 is 0 Å². The van der Waals surface area contributed by atoms with Gasteiger partial charge >= 0.3 is 0 Å². The minimum Gasteiger partial charge on any atom is -0.489 e. The highest BCUT2D eigenvalue weighted by atomic mass is 16.5. The molecule has 1 atom stereocenters. The summed E-state index contributed by atoms with van der Waals surface area (Å²) in [4.78, 5) is 15.2. The molecule has 0 aliphatic carbocycles. The zero-order valence-electron chi connectivity index (χ0n) is 19.3. The number of nitrogens with one attached hydrogen (secondary N) is 1. The standard InChI is InChI=1S/C25H31N5O4/c1-25(2,30-14-18(31)15-33-21-5-3-4-20(26)23(21)27)12-16-6-9-19(10-7-16)34-22-11-8-17(13-29-22)24(28)32/h3-11,13,18,30-31H,12,14-15,26-27H2,1-2H3,(H2,28,32)/t18-/m0/s1. The van der Waals surface area contributed by atoms with E-state index in [4.69, 9.17) is 26.7 Å². The summed E-state index contributed by atoms with van der Waals surface area (Å²) in [5.41, 5.74) is 18.8. The fourth-order valence-electron chi connectivity index (χ4n) is 3.28. The number of ether oxygens (including phenoxy) is 2. The number of hydrogen-bond acceptors (Lipinski definition) is 8. The van der Waals surface area contributed by atoms with Gasteiger partial charge in [0, 0.05) is 24.3 Å². The van der Waals surface area contributed by atoms with E-state index in [0.29, 0.717) is 40.9 Å². The Labute approximate surface area is 198 Å². The van der Waals surface area contributed by atoms with Crippen LogP contribution in [0.15, 0.2) is 60.8 Å². The lowest BCUT2D eigenvalue weighted by Gasteiger charge is -2.28. The molecule has 8 N–H and O–H groups in total. The van der Waals surface area contributed by atoms with Crippen molar-refractivity contribution in [3.05, 3.63) is 71.9 Å². The van der Waals surface area contributed by atoms with Crippen LogP contribution in [0.1, 0.15) is 29.8 Å². The number of nitrogens with zero attached hydrogens (tertiary/aromatic N) is 1. The van der Waals surface area contributed by atoms with Crippen LogP contribution in [0.5, 0.6) is 17.4 Å². The fraction of sp³-hybridized carbons (Fsp3) is 0.280. The molecule has 0 spiro atoms. The van der Waals surface area contributed by atoms with E-state index in [1.165, 1.54) is 6.20 Å². The lowest BCUT2D eigenvalue weighted by Crippen LogP contribution is -2.46. The number of hydrogen-bond donors (Lipinski definition) is 5. The molecule has 1 aromatic heterocycles. The van der Waals surface area contributed by atoms with Gasteiger partial charge in [0.05, 0.1) is 16.9 Å². The summed E-state index contributed by atoms with van der Waals surface area (Å²) in [6.45, 7) is 4.57. The normalized spacial score (nSPS) is 12.2. The number of benzene rings is 2. The van der Waals surface area contributed by atoms with Crippen LogP contribution in [0.2, 0.25) is 0 Å². The number of aliphatic hydroxyl groups is 1. The molecule has 1 heterocycles. The number of carbonyl (C=O) groups is 1. The van der Waals surface area contributed by atoms with Crippen molar-refractivity contribution in [2.24, 2.45) is 5.73 Å². The molecule has 0 fully saturated rings. The molecule has 0 saturated carbocycles. The molecule has 9 nitrogen and oxygen atoms in total. The summed E-state index contributed by atoms with van der Waals surface area (Å²) >= 11 is 0. The molecule has 9 heteroatoms. The molecule has 180 valence electrons. The second-order valence-corrected chi connectivity index (χ2v) is 8.66. The molecule has 3 aromatic rings. The Morgan fingerprint density at radius 2 is 1.85 bits per heavy atom. The first-order chi connectivity index (χ1) is 16.1. The first kappa shape index (κ1) is 24.8. The second kappa shape index (κ2) is 10.9. The summed E-state index contributed by atoms with van der Waals surface area (Å²) in [6.07, 6.45) is 1.39. The van der Waals surface area contributed by atoms with Crippen LogP contribution in [-0.2, 0) is 6.42 Å². The minimum absolute atomic E-state index is 0.0945. The third-order valence-corrected chi connectivity index (χ3v) is 5.16. The van der Waals surface area contributed by atoms with E-state index in [0.717, 1.165) is 12.0 Å². The molecular weight excluding hydrogens is 434 g/mol. The number of nitrogens with two attached hydrogens (primary N) is 3. The summed E-state index contributed by atoms with van der Waals surface area (Å²) in [7, 11) is 0. The maximum atomic E-state index is 11.1. The van der Waals surface area contributed by atoms with Crippen LogP contribution in [0.4, 0.5) is 11.4 Å². The van der Waals surface area contributed by atoms with Gasteiger partial charge in [-0.3, -0.25) is 4.79 Å². The molecule has 0 saturated heterocycles. The van der Waals surface area contributed by atoms with Gasteiger partial charge in [-0.15, -0.1) is 0 Å². The maximum absolute atomic E-state index is 11.1. The highest BCUT2D eigenvalue weighted by Gasteiger charge is 2.20. The number of amides is 1. The average molecular weight is 466 g/mol. The van der Waals surface area contributed by atoms with Crippen LogP contribution in [-0.4, -0.2) is 40.8 Å². The van der Waals surface area contributed by atoms with Crippen LogP contribution in [0, 0.1) is 0 Å². The number of carbonyl (C=O) groups excluding carboxylic acids is 1. The zero-order valence-corrected chi connectivity index (χ0v) is 19.3. The molecule has 0 unspecified atom stereocenters. The summed E-state index contributed by atoms with van der Waals surface area (Å²) in [6, 6.07) is 16.0. The van der Waals surface area contributed by atoms with Gasteiger partial charge in [0.2, 0.25) is 11.8 Å². The SMILES string of the molecule is CC(C)(Cc1ccc(Oc2ccc(C(N)=O)cn2)cc1)NC[C@H](O)COc1cccc(N)c1N. The number of para-hydroxylation sites is 1. The molecule has 0 bridgehead atoms. The molecule has 2 aromatic carbocycles. The predicted octanol–water partition coefficient (Wildman–Crippen LogP) is 2.49. The van der Waals surface area contributed by atoms with E-state index in [9.17, 15) is 9.90 Å². The lowest BCUT2D eigenvalue weighted by atomic mass is 9.94. The highest BCUT2D eigenvalue weighted by Crippen LogP contribution is 2.27. The number of primary amides is 1. The van der Waals surface area contributed by atoms with E-state index in [-0.39, 0.29) is 12.1 Å². The Hall–Kier alpha value is -3.82. The number of aliphatic hydroxyl groups excluding tert-OH is 1. The van der Waals surface area contributed by atoms with Crippen LogP contribution < -0.4 is 32.0 Å². The summed E-state index contributed by atoms with van der Waals surface area (Å²) < 4.78 is 11.3. The van der Waals surface area contributed by atoms with Crippen molar-refractivity contribution < 1.29 is 19.4 Å². The van der Waals surface area contributed by atoms with E-state index in [1.54, 1.807) is 30.3 Å². The van der Waals surface area contributed by atoms with Crippen molar-refractivity contribution in [2.45, 2.75) is 31.9 Å². The number of β-amino-alcohol motifs (C(OH)–C–C–N with tert-alkyl or cyclic N) is 1. The van der Waals surface area contributed by atoms with Crippen molar-refractivity contribution in [2.75, 3.05) is 24.6 Å². The second-order valence-electron chi connectivity index (χ2n) is 8.66. The smallest absolute Gasteiger partial charge is 0.250 e. The van der Waals surface area contributed by atoms with Crippen LogP contribution in [0.3, 0.4) is 0 Å². The first-order valence-electron chi connectivity index (χ1n) is 10.9. The molecule has 0 radical (unpaired) electrons. The van der Waals surface area contributed by atoms with Crippen molar-refractivity contribution in [1.29, 1.82) is 0 Å². The van der Waals surface area contributed by atoms with Crippen molar-refractivity contribution in [3.63, 3.8) is 0 Å². The van der Waals surface area contributed by atoms with E-state index in [2.05, 4.69) is 24.1 Å². The molecule has 3 rings (SSSR count). The number of anilines is 2. The fourth-order valence-corrected chi connectivity index (χ4v) is 3.28. The number of aromatic nitrogens is 1. The topological polar surface area (TPSA) is 159 Å². The Kier molecular flexibility index (Phi) is 7.93. The average Bonchev–Trinajstić information content (AvgIpc) is 2.80.